The lowest BCUT2D eigenvalue weighted by Crippen LogP contribution is -2.48. The van der Waals surface area contributed by atoms with Gasteiger partial charge in [0.25, 0.3) is 0 Å². The summed E-state index contributed by atoms with van der Waals surface area (Å²) in [4.78, 5) is 22.7. The lowest BCUT2D eigenvalue weighted by molar-refractivity contribution is -0.131. The van der Waals surface area contributed by atoms with E-state index in [1.807, 2.05) is 5.32 Å². The third-order valence-corrected chi connectivity index (χ3v) is 2.31. The summed E-state index contributed by atoms with van der Waals surface area (Å²) in [6.07, 6.45) is -2.49. The Morgan fingerprint density at radius 1 is 1.33 bits per heavy atom. The molecule has 5 nitrogen and oxygen atoms in total. The topological polar surface area (TPSA) is 70.2 Å². The summed E-state index contributed by atoms with van der Waals surface area (Å²) in [5.74, 6) is -0.959. The fourth-order valence-electron chi connectivity index (χ4n) is 1.23. The molecule has 0 radical (unpaired) electrons. The predicted octanol–water partition coefficient (Wildman–Crippen LogP) is -0.0784. The van der Waals surface area contributed by atoms with E-state index in [9.17, 15) is 22.8 Å². The van der Waals surface area contributed by atoms with E-state index < -0.39 is 31.2 Å². The van der Waals surface area contributed by atoms with E-state index in [2.05, 4.69) is 10.6 Å². The molecule has 0 aromatic heterocycles. The first-order chi connectivity index (χ1) is 8.28. The highest BCUT2D eigenvalue weighted by molar-refractivity contribution is 5.88. The molecule has 1 saturated carbocycles. The van der Waals surface area contributed by atoms with Gasteiger partial charge >= 0.3 is 6.18 Å². The number of alkyl halides is 3. The molecule has 1 fully saturated rings. The van der Waals surface area contributed by atoms with Gasteiger partial charge in [0.15, 0.2) is 0 Å². The minimum Gasteiger partial charge on any atom is -0.352 e. The highest BCUT2D eigenvalue weighted by atomic mass is 19.4. The second kappa shape index (κ2) is 6.03. The summed E-state index contributed by atoms with van der Waals surface area (Å²) in [7, 11) is 0. The lowest BCUT2D eigenvalue weighted by atomic mass is 10.3. The van der Waals surface area contributed by atoms with Gasteiger partial charge in [-0.05, 0) is 19.8 Å². The Hall–Kier alpha value is -1.31. The summed E-state index contributed by atoms with van der Waals surface area (Å²) < 4.78 is 35.4. The average Bonchev–Trinajstić information content (AvgIpc) is 2.99. The molecule has 1 unspecified atom stereocenters. The van der Waals surface area contributed by atoms with Gasteiger partial charge in [-0.3, -0.25) is 9.59 Å². The third kappa shape index (κ3) is 6.43. The number of carbonyl (C=O) groups is 2. The Bertz CT molecular complexity index is 316. The maximum absolute atomic E-state index is 11.8. The first kappa shape index (κ1) is 14.7. The Morgan fingerprint density at radius 2 is 1.94 bits per heavy atom. The van der Waals surface area contributed by atoms with Crippen LogP contribution < -0.4 is 16.0 Å². The molecular formula is C10H16F3N3O2. The van der Waals surface area contributed by atoms with Crippen LogP contribution in [0.3, 0.4) is 0 Å². The average molecular weight is 267 g/mol. The zero-order valence-corrected chi connectivity index (χ0v) is 9.93. The second-order valence-electron chi connectivity index (χ2n) is 4.29. The molecular weight excluding hydrogens is 251 g/mol. The Morgan fingerprint density at radius 3 is 2.44 bits per heavy atom. The van der Waals surface area contributed by atoms with Crippen LogP contribution in [0.2, 0.25) is 0 Å². The third-order valence-electron chi connectivity index (χ3n) is 2.31. The number of carbonyl (C=O) groups excluding carboxylic acids is 2. The van der Waals surface area contributed by atoms with Gasteiger partial charge in [0.05, 0.1) is 13.1 Å². The standard InChI is InChI=1S/C10H16F3N3O2/c1-6(9(18)16-7-2-3-7)15-8(17)4-14-5-10(11,12)13/h6-7,14H,2-5H2,1H3,(H,15,17)(H,16,18). The SMILES string of the molecule is CC(NC(=O)CNCC(F)(F)F)C(=O)NC1CC1. The molecule has 1 aliphatic carbocycles. The minimum atomic E-state index is -4.35. The number of halogens is 3. The van der Waals surface area contributed by atoms with Gasteiger partial charge in [-0.15, -0.1) is 0 Å². The van der Waals surface area contributed by atoms with Crippen LogP contribution in [0.4, 0.5) is 13.2 Å². The number of rotatable bonds is 6. The van der Waals surface area contributed by atoms with Crippen molar-refractivity contribution in [1.29, 1.82) is 0 Å². The van der Waals surface area contributed by atoms with Crippen molar-refractivity contribution in [2.24, 2.45) is 0 Å². The zero-order chi connectivity index (χ0) is 13.8. The highest BCUT2D eigenvalue weighted by Crippen LogP contribution is 2.18. The molecule has 0 aromatic carbocycles. The van der Waals surface area contributed by atoms with Crippen molar-refractivity contribution >= 4 is 11.8 Å². The van der Waals surface area contributed by atoms with E-state index >= 15 is 0 Å². The molecule has 8 heteroatoms. The molecule has 1 rings (SSSR count). The number of hydrogen-bond acceptors (Lipinski definition) is 3. The van der Waals surface area contributed by atoms with Crippen molar-refractivity contribution in [3.8, 4) is 0 Å². The number of nitrogens with one attached hydrogen (secondary N) is 3. The Balaban J connectivity index is 2.16. The number of hydrogen-bond donors (Lipinski definition) is 3. The molecule has 0 spiro atoms. The van der Waals surface area contributed by atoms with Crippen LogP contribution in [0.5, 0.6) is 0 Å². The summed E-state index contributed by atoms with van der Waals surface area (Å²) in [6.45, 7) is -0.219. The summed E-state index contributed by atoms with van der Waals surface area (Å²) in [5, 5.41) is 6.96. The molecule has 104 valence electrons. The van der Waals surface area contributed by atoms with Gasteiger partial charge in [0.2, 0.25) is 11.8 Å². The smallest absolute Gasteiger partial charge is 0.352 e. The van der Waals surface area contributed by atoms with Gasteiger partial charge in [-0.2, -0.15) is 13.2 Å². The quantitative estimate of drug-likeness (QED) is 0.630. The van der Waals surface area contributed by atoms with E-state index in [0.29, 0.717) is 0 Å². The van der Waals surface area contributed by atoms with Crippen molar-refractivity contribution in [1.82, 2.24) is 16.0 Å². The van der Waals surface area contributed by atoms with Crippen molar-refractivity contribution in [2.45, 2.75) is 38.0 Å². The van der Waals surface area contributed by atoms with E-state index in [1.165, 1.54) is 6.92 Å². The molecule has 0 heterocycles. The molecule has 18 heavy (non-hydrogen) atoms. The molecule has 0 bridgehead atoms. The zero-order valence-electron chi connectivity index (χ0n) is 9.93. The molecule has 3 N–H and O–H groups in total. The maximum atomic E-state index is 11.8. The molecule has 0 aromatic rings. The number of amides is 2. The summed E-state index contributed by atoms with van der Waals surface area (Å²) in [6, 6.07) is -0.564. The fourth-order valence-corrected chi connectivity index (χ4v) is 1.23. The monoisotopic (exact) mass is 267 g/mol. The first-order valence-electron chi connectivity index (χ1n) is 5.65. The Labute approximate surface area is 102 Å². The van der Waals surface area contributed by atoms with Crippen LogP contribution in [0.1, 0.15) is 19.8 Å². The molecule has 0 saturated heterocycles. The normalized spacial score (nSPS) is 17.1. The summed E-state index contributed by atoms with van der Waals surface area (Å²) in [5.41, 5.74) is 0. The minimum absolute atomic E-state index is 0.181. The van der Waals surface area contributed by atoms with Crippen LogP contribution >= 0.6 is 0 Å². The summed E-state index contributed by atoms with van der Waals surface area (Å²) >= 11 is 0. The van der Waals surface area contributed by atoms with Crippen molar-refractivity contribution in [3.05, 3.63) is 0 Å². The van der Waals surface area contributed by atoms with Gasteiger partial charge < -0.3 is 16.0 Å². The molecule has 1 atom stereocenters. The van der Waals surface area contributed by atoms with Crippen molar-refractivity contribution in [2.75, 3.05) is 13.1 Å². The molecule has 1 aliphatic rings. The van der Waals surface area contributed by atoms with Crippen LogP contribution in [0, 0.1) is 0 Å². The van der Waals surface area contributed by atoms with Gasteiger partial charge in [-0.1, -0.05) is 0 Å². The maximum Gasteiger partial charge on any atom is 0.401 e. The van der Waals surface area contributed by atoms with E-state index in [1.54, 1.807) is 0 Å². The van der Waals surface area contributed by atoms with Crippen LogP contribution in [0.15, 0.2) is 0 Å². The van der Waals surface area contributed by atoms with Crippen molar-refractivity contribution in [3.63, 3.8) is 0 Å². The van der Waals surface area contributed by atoms with Crippen LogP contribution in [-0.2, 0) is 9.59 Å². The highest BCUT2D eigenvalue weighted by Gasteiger charge is 2.28. The van der Waals surface area contributed by atoms with Gasteiger partial charge in [0.1, 0.15) is 6.04 Å². The van der Waals surface area contributed by atoms with Gasteiger partial charge in [0, 0.05) is 6.04 Å². The molecule has 2 amide bonds. The van der Waals surface area contributed by atoms with E-state index in [0.717, 1.165) is 12.8 Å². The predicted molar refractivity (Wildman–Crippen MR) is 57.7 cm³/mol. The first-order valence-corrected chi connectivity index (χ1v) is 5.65. The van der Waals surface area contributed by atoms with E-state index in [-0.39, 0.29) is 11.9 Å². The lowest BCUT2D eigenvalue weighted by Gasteiger charge is -2.14. The van der Waals surface area contributed by atoms with Crippen molar-refractivity contribution < 1.29 is 22.8 Å². The Kier molecular flexibility index (Phi) is 4.94. The van der Waals surface area contributed by atoms with Crippen LogP contribution in [-0.4, -0.2) is 43.2 Å². The largest absolute Gasteiger partial charge is 0.401 e. The van der Waals surface area contributed by atoms with Gasteiger partial charge in [-0.25, -0.2) is 0 Å². The second-order valence-corrected chi connectivity index (χ2v) is 4.29. The molecule has 0 aliphatic heterocycles. The van der Waals surface area contributed by atoms with Crippen LogP contribution in [0.25, 0.3) is 0 Å². The van der Waals surface area contributed by atoms with E-state index in [4.69, 9.17) is 0 Å². The fraction of sp³-hybridized carbons (Fsp3) is 0.800.